The zero-order valence-corrected chi connectivity index (χ0v) is 18.8. The molecule has 3 rings (SSSR count). The standard InChI is InChI=1S/C21H21N5O4S2/c1-2-30-20(29)24-19-25-26-21(32-19)31-13-17(27)23-16-11-7-6-10-15(16)18(28)22-12-14-8-4-3-5-9-14/h3-11H,2,12-13H2,1H3,(H,22,28)(H,23,27)(H,24,25,29). The number of rotatable bonds is 9. The summed E-state index contributed by atoms with van der Waals surface area (Å²) < 4.78 is 5.29. The van der Waals surface area contributed by atoms with Crippen molar-refractivity contribution in [2.75, 3.05) is 23.0 Å². The molecule has 0 saturated heterocycles. The van der Waals surface area contributed by atoms with E-state index in [1.165, 1.54) is 11.8 Å². The lowest BCUT2D eigenvalue weighted by atomic mass is 10.1. The van der Waals surface area contributed by atoms with Gasteiger partial charge in [0.15, 0.2) is 4.34 Å². The molecule has 11 heteroatoms. The molecule has 0 fully saturated rings. The zero-order valence-electron chi connectivity index (χ0n) is 17.2. The van der Waals surface area contributed by atoms with Gasteiger partial charge in [0.25, 0.3) is 5.91 Å². The quantitative estimate of drug-likeness (QED) is 0.321. The predicted molar refractivity (Wildman–Crippen MR) is 124 cm³/mol. The Labute approximate surface area is 193 Å². The van der Waals surface area contributed by atoms with E-state index >= 15 is 0 Å². The van der Waals surface area contributed by atoms with Gasteiger partial charge in [0.05, 0.1) is 23.6 Å². The van der Waals surface area contributed by atoms with Crippen molar-refractivity contribution in [3.05, 3.63) is 65.7 Å². The number of amides is 3. The molecule has 166 valence electrons. The summed E-state index contributed by atoms with van der Waals surface area (Å²) in [6.07, 6.45) is -0.611. The average molecular weight is 472 g/mol. The van der Waals surface area contributed by atoms with Crippen molar-refractivity contribution in [1.82, 2.24) is 15.5 Å². The molecule has 0 aliphatic carbocycles. The molecule has 0 saturated carbocycles. The smallest absolute Gasteiger partial charge is 0.413 e. The molecular formula is C21H21N5O4S2. The first-order valence-corrected chi connectivity index (χ1v) is 11.5. The number of carbonyl (C=O) groups is 3. The fraction of sp³-hybridized carbons (Fsp3) is 0.190. The van der Waals surface area contributed by atoms with Crippen LogP contribution in [0.2, 0.25) is 0 Å². The minimum absolute atomic E-state index is 0.0635. The second-order valence-electron chi connectivity index (χ2n) is 6.27. The molecule has 0 unspecified atom stereocenters. The summed E-state index contributed by atoms with van der Waals surface area (Å²) in [6.45, 7) is 2.33. The van der Waals surface area contributed by atoms with Crippen molar-refractivity contribution < 1.29 is 19.1 Å². The molecule has 0 bridgehead atoms. The van der Waals surface area contributed by atoms with Crippen LogP contribution in [0, 0.1) is 0 Å². The summed E-state index contributed by atoms with van der Waals surface area (Å²) in [6, 6.07) is 16.4. The summed E-state index contributed by atoms with van der Waals surface area (Å²) in [7, 11) is 0. The molecule has 0 aliphatic rings. The van der Waals surface area contributed by atoms with Crippen LogP contribution in [0.4, 0.5) is 15.6 Å². The van der Waals surface area contributed by atoms with Gasteiger partial charge in [-0.15, -0.1) is 10.2 Å². The molecule has 9 nitrogen and oxygen atoms in total. The van der Waals surface area contributed by atoms with Gasteiger partial charge in [-0.3, -0.25) is 14.9 Å². The van der Waals surface area contributed by atoms with Crippen LogP contribution in [0.25, 0.3) is 0 Å². The van der Waals surface area contributed by atoms with Gasteiger partial charge in [0, 0.05) is 6.54 Å². The molecular weight excluding hydrogens is 450 g/mol. The number of aromatic nitrogens is 2. The number of nitrogens with zero attached hydrogens (tertiary/aromatic N) is 2. The highest BCUT2D eigenvalue weighted by Gasteiger charge is 2.15. The van der Waals surface area contributed by atoms with Crippen LogP contribution in [-0.4, -0.2) is 40.5 Å². The highest BCUT2D eigenvalue weighted by Crippen LogP contribution is 2.26. The molecule has 1 heterocycles. The summed E-state index contributed by atoms with van der Waals surface area (Å²) in [5.41, 5.74) is 1.77. The summed E-state index contributed by atoms with van der Waals surface area (Å²) >= 11 is 2.30. The molecule has 3 amide bonds. The number of anilines is 2. The van der Waals surface area contributed by atoms with E-state index in [-0.39, 0.29) is 29.3 Å². The van der Waals surface area contributed by atoms with E-state index in [0.29, 0.717) is 22.1 Å². The Kier molecular flexibility index (Phi) is 8.58. The van der Waals surface area contributed by atoms with Crippen molar-refractivity contribution in [1.29, 1.82) is 0 Å². The van der Waals surface area contributed by atoms with Gasteiger partial charge in [-0.1, -0.05) is 65.6 Å². The van der Waals surface area contributed by atoms with Crippen molar-refractivity contribution in [3.8, 4) is 0 Å². The van der Waals surface area contributed by atoms with Crippen LogP contribution in [0.15, 0.2) is 58.9 Å². The maximum Gasteiger partial charge on any atom is 0.413 e. The number of carbonyl (C=O) groups excluding carboxylic acids is 3. The first-order chi connectivity index (χ1) is 15.5. The molecule has 0 atom stereocenters. The lowest BCUT2D eigenvalue weighted by molar-refractivity contribution is -0.113. The lowest BCUT2D eigenvalue weighted by Crippen LogP contribution is -2.25. The van der Waals surface area contributed by atoms with Crippen LogP contribution >= 0.6 is 23.1 Å². The number of hydrogen-bond acceptors (Lipinski definition) is 8. The Morgan fingerprint density at radius 2 is 1.75 bits per heavy atom. The van der Waals surface area contributed by atoms with E-state index in [1.807, 2.05) is 30.3 Å². The number of ether oxygens (including phenoxy) is 1. The summed E-state index contributed by atoms with van der Waals surface area (Å²) in [5, 5.41) is 16.1. The van der Waals surface area contributed by atoms with E-state index in [1.54, 1.807) is 31.2 Å². The monoisotopic (exact) mass is 471 g/mol. The molecule has 0 spiro atoms. The third-order valence-electron chi connectivity index (χ3n) is 3.96. The van der Waals surface area contributed by atoms with Gasteiger partial charge in [0.2, 0.25) is 11.0 Å². The van der Waals surface area contributed by atoms with Crippen molar-refractivity contribution in [2.24, 2.45) is 0 Å². The molecule has 0 aliphatic heterocycles. The minimum Gasteiger partial charge on any atom is -0.450 e. The Morgan fingerprint density at radius 1 is 1.00 bits per heavy atom. The second kappa shape index (κ2) is 11.8. The number of thioether (sulfide) groups is 1. The number of para-hydroxylation sites is 1. The first-order valence-electron chi connectivity index (χ1n) is 9.66. The Bertz CT molecular complexity index is 1070. The number of benzene rings is 2. The largest absolute Gasteiger partial charge is 0.450 e. The number of hydrogen-bond donors (Lipinski definition) is 3. The van der Waals surface area contributed by atoms with Crippen LogP contribution in [-0.2, 0) is 16.1 Å². The SMILES string of the molecule is CCOC(=O)Nc1nnc(SCC(=O)Nc2ccccc2C(=O)NCc2ccccc2)s1. The highest BCUT2D eigenvalue weighted by atomic mass is 32.2. The first kappa shape index (κ1) is 23.2. The van der Waals surface area contributed by atoms with E-state index in [4.69, 9.17) is 4.74 Å². The molecule has 3 aromatic rings. The fourth-order valence-electron chi connectivity index (χ4n) is 2.55. The van der Waals surface area contributed by atoms with Crippen molar-refractivity contribution in [2.45, 2.75) is 17.8 Å². The maximum absolute atomic E-state index is 12.6. The Hall–Kier alpha value is -3.44. The second-order valence-corrected chi connectivity index (χ2v) is 8.47. The van der Waals surface area contributed by atoms with Crippen molar-refractivity contribution in [3.63, 3.8) is 0 Å². The molecule has 32 heavy (non-hydrogen) atoms. The zero-order chi connectivity index (χ0) is 22.8. The average Bonchev–Trinajstić information content (AvgIpc) is 3.24. The molecule has 3 N–H and O–H groups in total. The third-order valence-corrected chi connectivity index (χ3v) is 5.93. The van der Waals surface area contributed by atoms with Gasteiger partial charge >= 0.3 is 6.09 Å². The van der Waals surface area contributed by atoms with Crippen LogP contribution in [0.3, 0.4) is 0 Å². The highest BCUT2D eigenvalue weighted by molar-refractivity contribution is 8.01. The topological polar surface area (TPSA) is 122 Å². The predicted octanol–water partition coefficient (Wildman–Crippen LogP) is 3.77. The summed E-state index contributed by atoms with van der Waals surface area (Å²) in [4.78, 5) is 36.4. The minimum atomic E-state index is -0.611. The van der Waals surface area contributed by atoms with Gasteiger partial charge in [-0.05, 0) is 24.6 Å². The fourth-order valence-corrected chi connectivity index (χ4v) is 4.09. The molecule has 1 aromatic heterocycles. The van der Waals surface area contributed by atoms with E-state index in [9.17, 15) is 14.4 Å². The Balaban J connectivity index is 1.52. The van der Waals surface area contributed by atoms with E-state index in [2.05, 4.69) is 26.1 Å². The van der Waals surface area contributed by atoms with Crippen LogP contribution in [0.5, 0.6) is 0 Å². The number of nitrogens with one attached hydrogen (secondary N) is 3. The van der Waals surface area contributed by atoms with Gasteiger partial charge in [-0.2, -0.15) is 0 Å². The van der Waals surface area contributed by atoms with E-state index < -0.39 is 6.09 Å². The Morgan fingerprint density at radius 3 is 2.53 bits per heavy atom. The molecule has 2 aromatic carbocycles. The van der Waals surface area contributed by atoms with Crippen LogP contribution < -0.4 is 16.0 Å². The summed E-state index contributed by atoms with van der Waals surface area (Å²) in [5.74, 6) is -0.516. The van der Waals surface area contributed by atoms with Gasteiger partial charge < -0.3 is 15.4 Å². The lowest BCUT2D eigenvalue weighted by Gasteiger charge is -2.11. The van der Waals surface area contributed by atoms with Crippen LogP contribution in [0.1, 0.15) is 22.8 Å². The normalized spacial score (nSPS) is 10.3. The molecule has 0 radical (unpaired) electrons. The maximum atomic E-state index is 12.6. The van der Waals surface area contributed by atoms with Gasteiger partial charge in [0.1, 0.15) is 0 Å². The van der Waals surface area contributed by atoms with Crippen molar-refractivity contribution >= 4 is 51.8 Å². The van der Waals surface area contributed by atoms with E-state index in [0.717, 1.165) is 16.9 Å². The third kappa shape index (κ3) is 7.06. The van der Waals surface area contributed by atoms with Gasteiger partial charge in [-0.25, -0.2) is 4.79 Å².